The molecule has 0 saturated carbocycles. The van der Waals surface area contributed by atoms with Crippen LogP contribution in [0, 0.1) is 13.8 Å². The second-order valence-electron chi connectivity index (χ2n) is 5.01. The third-order valence-electron chi connectivity index (χ3n) is 3.25. The predicted octanol–water partition coefficient (Wildman–Crippen LogP) is 4.32. The van der Waals surface area contributed by atoms with Crippen molar-refractivity contribution in [1.82, 2.24) is 9.55 Å². The summed E-state index contributed by atoms with van der Waals surface area (Å²) in [6, 6.07) is 5.86. The highest BCUT2D eigenvalue weighted by molar-refractivity contribution is 6.33. The van der Waals surface area contributed by atoms with Crippen molar-refractivity contribution in [3.8, 4) is 0 Å². The zero-order valence-electron chi connectivity index (χ0n) is 12.8. The van der Waals surface area contributed by atoms with E-state index in [1.54, 1.807) is 0 Å². The van der Waals surface area contributed by atoms with Crippen LogP contribution in [0.2, 0.25) is 5.02 Å². The molecule has 0 atom stereocenters. The number of aromatic nitrogens is 2. The molecule has 114 valence electrons. The van der Waals surface area contributed by atoms with Gasteiger partial charge in [-0.25, -0.2) is 4.98 Å². The Kier molecular flexibility index (Phi) is 5.65. The van der Waals surface area contributed by atoms with Crippen LogP contribution in [0.5, 0.6) is 0 Å². The summed E-state index contributed by atoms with van der Waals surface area (Å²) in [5.41, 5.74) is 3.00. The van der Waals surface area contributed by atoms with Crippen molar-refractivity contribution in [2.24, 2.45) is 0 Å². The molecule has 4 nitrogen and oxygen atoms in total. The molecule has 1 heterocycles. The van der Waals surface area contributed by atoms with Gasteiger partial charge in [0.25, 0.3) is 0 Å². The summed E-state index contributed by atoms with van der Waals surface area (Å²) in [6.45, 7) is 8.42. The van der Waals surface area contributed by atoms with E-state index in [4.69, 9.17) is 16.3 Å². The maximum absolute atomic E-state index is 6.26. The number of rotatable bonds is 7. The molecule has 21 heavy (non-hydrogen) atoms. The van der Waals surface area contributed by atoms with E-state index in [-0.39, 0.29) is 0 Å². The average molecular weight is 308 g/mol. The Bertz CT molecular complexity index is 575. The second-order valence-corrected chi connectivity index (χ2v) is 5.41. The van der Waals surface area contributed by atoms with Gasteiger partial charge in [-0.3, -0.25) is 0 Å². The van der Waals surface area contributed by atoms with Crippen LogP contribution in [0.15, 0.2) is 24.4 Å². The lowest BCUT2D eigenvalue weighted by Crippen LogP contribution is -2.06. The number of benzene rings is 1. The smallest absolute Gasteiger partial charge is 0.207 e. The zero-order valence-corrected chi connectivity index (χ0v) is 13.6. The highest BCUT2D eigenvalue weighted by Gasteiger charge is 2.09. The van der Waals surface area contributed by atoms with Crippen molar-refractivity contribution in [3.63, 3.8) is 0 Å². The van der Waals surface area contributed by atoms with Gasteiger partial charge in [-0.05, 0) is 38.8 Å². The van der Waals surface area contributed by atoms with Crippen molar-refractivity contribution in [1.29, 1.82) is 0 Å². The number of aryl methyl sites for hydroxylation is 3. The Morgan fingerprint density at radius 2 is 2.14 bits per heavy atom. The maximum Gasteiger partial charge on any atom is 0.207 e. The average Bonchev–Trinajstić information content (AvgIpc) is 2.79. The van der Waals surface area contributed by atoms with Gasteiger partial charge in [-0.15, -0.1) is 0 Å². The molecule has 0 aliphatic carbocycles. The zero-order chi connectivity index (χ0) is 15.2. The summed E-state index contributed by atoms with van der Waals surface area (Å²) in [5, 5.41) is 4.06. The van der Waals surface area contributed by atoms with Gasteiger partial charge < -0.3 is 14.6 Å². The highest BCUT2D eigenvalue weighted by Crippen LogP contribution is 2.28. The minimum absolute atomic E-state index is 0.705. The van der Waals surface area contributed by atoms with Crippen LogP contribution in [-0.2, 0) is 11.3 Å². The molecule has 5 heteroatoms. The van der Waals surface area contributed by atoms with Gasteiger partial charge in [-0.1, -0.05) is 23.7 Å². The number of para-hydroxylation sites is 1. The summed E-state index contributed by atoms with van der Waals surface area (Å²) >= 11 is 6.26. The Hall–Kier alpha value is -1.52. The summed E-state index contributed by atoms with van der Waals surface area (Å²) < 4.78 is 7.49. The number of anilines is 2. The Morgan fingerprint density at radius 1 is 1.33 bits per heavy atom. The van der Waals surface area contributed by atoms with E-state index < -0.39 is 0 Å². The van der Waals surface area contributed by atoms with Gasteiger partial charge in [0, 0.05) is 26.0 Å². The van der Waals surface area contributed by atoms with E-state index in [9.17, 15) is 0 Å². The Morgan fingerprint density at radius 3 is 2.86 bits per heavy atom. The van der Waals surface area contributed by atoms with E-state index in [0.29, 0.717) is 5.02 Å². The van der Waals surface area contributed by atoms with Crippen molar-refractivity contribution in [2.75, 3.05) is 18.5 Å². The molecule has 0 saturated heterocycles. The van der Waals surface area contributed by atoms with Gasteiger partial charge in [-0.2, -0.15) is 0 Å². The van der Waals surface area contributed by atoms with E-state index in [1.165, 1.54) is 0 Å². The van der Waals surface area contributed by atoms with Crippen LogP contribution >= 0.6 is 11.6 Å². The number of ether oxygens (including phenoxy) is 1. The van der Waals surface area contributed by atoms with Gasteiger partial charge >= 0.3 is 0 Å². The predicted molar refractivity (Wildman–Crippen MR) is 87.5 cm³/mol. The first-order valence-corrected chi connectivity index (χ1v) is 7.63. The van der Waals surface area contributed by atoms with Crippen molar-refractivity contribution < 1.29 is 4.74 Å². The molecule has 2 rings (SSSR count). The molecule has 0 amide bonds. The molecule has 1 aromatic heterocycles. The topological polar surface area (TPSA) is 39.1 Å². The lowest BCUT2D eigenvalue weighted by atomic mass is 10.2. The van der Waals surface area contributed by atoms with Crippen LogP contribution in [0.4, 0.5) is 11.6 Å². The molecule has 0 fully saturated rings. The molecule has 0 bridgehead atoms. The lowest BCUT2D eigenvalue weighted by molar-refractivity contribution is 0.142. The molecule has 1 N–H and O–H groups in total. The molecule has 1 aromatic carbocycles. The quantitative estimate of drug-likeness (QED) is 0.774. The normalized spacial score (nSPS) is 10.9. The molecule has 0 aliphatic rings. The number of hydrogen-bond donors (Lipinski definition) is 1. The van der Waals surface area contributed by atoms with E-state index in [1.807, 2.05) is 45.2 Å². The third-order valence-corrected chi connectivity index (χ3v) is 3.56. The first kappa shape index (κ1) is 15.9. The first-order valence-electron chi connectivity index (χ1n) is 7.25. The number of nitrogens with one attached hydrogen (secondary N) is 1. The molecular formula is C16H22ClN3O. The maximum atomic E-state index is 6.26. The van der Waals surface area contributed by atoms with Crippen molar-refractivity contribution >= 4 is 23.2 Å². The van der Waals surface area contributed by atoms with Crippen LogP contribution in [0.1, 0.15) is 24.6 Å². The van der Waals surface area contributed by atoms with Crippen molar-refractivity contribution in [3.05, 3.63) is 40.7 Å². The summed E-state index contributed by atoms with van der Waals surface area (Å²) in [6.07, 6.45) is 3.00. The second kappa shape index (κ2) is 7.48. The fraction of sp³-hybridized carbons (Fsp3) is 0.438. The fourth-order valence-corrected chi connectivity index (χ4v) is 2.47. The third kappa shape index (κ3) is 4.22. The number of hydrogen-bond acceptors (Lipinski definition) is 3. The number of halogens is 1. The molecule has 0 unspecified atom stereocenters. The van der Waals surface area contributed by atoms with E-state index in [2.05, 4.69) is 14.9 Å². The van der Waals surface area contributed by atoms with E-state index in [0.717, 1.165) is 49.1 Å². The Balaban J connectivity index is 2.12. The SMILES string of the molecule is CCOCCCn1cc(C)nc1Nc1c(C)cccc1Cl. The van der Waals surface area contributed by atoms with Gasteiger partial charge in [0.1, 0.15) is 0 Å². The summed E-state index contributed by atoms with van der Waals surface area (Å²) in [4.78, 5) is 4.54. The summed E-state index contributed by atoms with van der Waals surface area (Å²) in [7, 11) is 0. The fourth-order valence-electron chi connectivity index (χ4n) is 2.20. The van der Waals surface area contributed by atoms with Crippen LogP contribution in [0.3, 0.4) is 0 Å². The standard InChI is InChI=1S/C16H22ClN3O/c1-4-21-10-6-9-20-11-13(3)18-16(20)19-15-12(2)7-5-8-14(15)17/h5,7-8,11H,4,6,9-10H2,1-3H3,(H,18,19). The minimum Gasteiger partial charge on any atom is -0.382 e. The van der Waals surface area contributed by atoms with Crippen LogP contribution < -0.4 is 5.32 Å². The van der Waals surface area contributed by atoms with Gasteiger partial charge in [0.2, 0.25) is 5.95 Å². The molecule has 0 radical (unpaired) electrons. The highest BCUT2D eigenvalue weighted by atomic mass is 35.5. The van der Waals surface area contributed by atoms with Crippen LogP contribution in [-0.4, -0.2) is 22.8 Å². The largest absolute Gasteiger partial charge is 0.382 e. The van der Waals surface area contributed by atoms with E-state index >= 15 is 0 Å². The minimum atomic E-state index is 0.705. The molecule has 2 aromatic rings. The molecule has 0 spiro atoms. The Labute approximate surface area is 131 Å². The number of imidazole rings is 1. The number of nitrogens with zero attached hydrogens (tertiary/aromatic N) is 2. The van der Waals surface area contributed by atoms with Gasteiger partial charge in [0.15, 0.2) is 0 Å². The monoisotopic (exact) mass is 307 g/mol. The lowest BCUT2D eigenvalue weighted by Gasteiger charge is -2.13. The first-order chi connectivity index (χ1) is 10.1. The molecule has 0 aliphatic heterocycles. The van der Waals surface area contributed by atoms with Crippen molar-refractivity contribution in [2.45, 2.75) is 33.7 Å². The molecular weight excluding hydrogens is 286 g/mol. The van der Waals surface area contributed by atoms with Gasteiger partial charge in [0.05, 0.1) is 16.4 Å². The summed E-state index contributed by atoms with van der Waals surface area (Å²) in [5.74, 6) is 0.820. The van der Waals surface area contributed by atoms with Crippen LogP contribution in [0.25, 0.3) is 0 Å².